The zero-order valence-corrected chi connectivity index (χ0v) is 9.59. The molecule has 0 saturated carbocycles. The Morgan fingerprint density at radius 3 is 2.62 bits per heavy atom. The first-order valence-corrected chi connectivity index (χ1v) is 5.63. The van der Waals surface area contributed by atoms with E-state index >= 15 is 0 Å². The fraction of sp³-hybridized carbons (Fsp3) is 0.500. The van der Waals surface area contributed by atoms with Crippen LogP contribution in [0, 0.1) is 0 Å². The van der Waals surface area contributed by atoms with E-state index < -0.39 is 0 Å². The van der Waals surface area contributed by atoms with Crippen molar-refractivity contribution < 1.29 is 4.79 Å². The van der Waals surface area contributed by atoms with Crippen LogP contribution in [0.1, 0.15) is 12.6 Å². The fourth-order valence-electron chi connectivity index (χ4n) is 1.94. The lowest BCUT2D eigenvalue weighted by Gasteiger charge is -2.33. The number of piperazine rings is 1. The Morgan fingerprint density at radius 2 is 2.06 bits per heavy atom. The second-order valence-corrected chi connectivity index (χ2v) is 4.10. The third-order valence-electron chi connectivity index (χ3n) is 2.93. The summed E-state index contributed by atoms with van der Waals surface area (Å²) in [5.74, 6) is 0.178. The molecule has 4 nitrogen and oxygen atoms in total. The molecule has 1 aromatic rings. The van der Waals surface area contributed by atoms with Crippen LogP contribution in [-0.2, 0) is 11.3 Å². The zero-order valence-electron chi connectivity index (χ0n) is 9.59. The van der Waals surface area contributed by atoms with Crippen molar-refractivity contribution in [1.82, 2.24) is 14.8 Å². The van der Waals surface area contributed by atoms with E-state index in [9.17, 15) is 4.79 Å². The smallest absolute Gasteiger partial charge is 0.219 e. The molecule has 1 aromatic heterocycles. The lowest BCUT2D eigenvalue weighted by atomic mass is 10.2. The number of aromatic nitrogens is 1. The van der Waals surface area contributed by atoms with Crippen molar-refractivity contribution >= 4 is 5.91 Å². The van der Waals surface area contributed by atoms with Crippen molar-refractivity contribution in [1.29, 1.82) is 0 Å². The molecular weight excluding hydrogens is 202 g/mol. The molecule has 0 aromatic carbocycles. The molecule has 0 N–H and O–H groups in total. The second kappa shape index (κ2) is 5.07. The standard InChI is InChI=1S/C12H17N3O/c1-11(16)15-8-6-14(7-9-15)10-12-4-2-3-5-13-12/h2-5H,6-10H2,1H3. The number of pyridine rings is 1. The number of amides is 1. The maximum absolute atomic E-state index is 11.2. The highest BCUT2D eigenvalue weighted by molar-refractivity contribution is 5.73. The Labute approximate surface area is 95.9 Å². The quantitative estimate of drug-likeness (QED) is 0.736. The molecular formula is C12H17N3O. The molecule has 0 atom stereocenters. The van der Waals surface area contributed by atoms with Crippen LogP contribution >= 0.6 is 0 Å². The van der Waals surface area contributed by atoms with Gasteiger partial charge in [0.1, 0.15) is 0 Å². The van der Waals surface area contributed by atoms with Gasteiger partial charge in [-0.25, -0.2) is 0 Å². The molecule has 2 rings (SSSR count). The summed E-state index contributed by atoms with van der Waals surface area (Å²) in [5, 5.41) is 0. The molecule has 1 fully saturated rings. The number of carbonyl (C=O) groups is 1. The van der Waals surface area contributed by atoms with Crippen LogP contribution in [0.4, 0.5) is 0 Å². The van der Waals surface area contributed by atoms with E-state index in [4.69, 9.17) is 0 Å². The van der Waals surface area contributed by atoms with Gasteiger partial charge >= 0.3 is 0 Å². The van der Waals surface area contributed by atoms with Crippen molar-refractivity contribution in [2.24, 2.45) is 0 Å². The average Bonchev–Trinajstić information content (AvgIpc) is 2.31. The zero-order chi connectivity index (χ0) is 11.4. The van der Waals surface area contributed by atoms with Gasteiger partial charge in [-0.1, -0.05) is 6.07 Å². The van der Waals surface area contributed by atoms with Crippen LogP contribution in [0.5, 0.6) is 0 Å². The minimum Gasteiger partial charge on any atom is -0.340 e. The summed E-state index contributed by atoms with van der Waals surface area (Å²) < 4.78 is 0. The van der Waals surface area contributed by atoms with E-state index in [2.05, 4.69) is 9.88 Å². The van der Waals surface area contributed by atoms with Crippen LogP contribution in [0.3, 0.4) is 0 Å². The van der Waals surface area contributed by atoms with E-state index in [1.807, 2.05) is 29.3 Å². The molecule has 0 aliphatic carbocycles. The molecule has 1 saturated heterocycles. The van der Waals surface area contributed by atoms with E-state index in [0.717, 1.165) is 38.4 Å². The largest absolute Gasteiger partial charge is 0.340 e. The lowest BCUT2D eigenvalue weighted by Crippen LogP contribution is -2.47. The number of carbonyl (C=O) groups excluding carboxylic acids is 1. The van der Waals surface area contributed by atoms with Crippen LogP contribution in [-0.4, -0.2) is 46.9 Å². The molecule has 1 aliphatic rings. The molecule has 2 heterocycles. The van der Waals surface area contributed by atoms with Crippen molar-refractivity contribution in [2.75, 3.05) is 26.2 Å². The van der Waals surface area contributed by atoms with Crippen LogP contribution in [0.2, 0.25) is 0 Å². The first-order chi connectivity index (χ1) is 7.75. The monoisotopic (exact) mass is 219 g/mol. The summed E-state index contributed by atoms with van der Waals surface area (Å²) in [5.41, 5.74) is 1.10. The van der Waals surface area contributed by atoms with Crippen LogP contribution in [0.15, 0.2) is 24.4 Å². The predicted octanol–water partition coefficient (Wildman–Crippen LogP) is 0.746. The summed E-state index contributed by atoms with van der Waals surface area (Å²) >= 11 is 0. The topological polar surface area (TPSA) is 36.4 Å². The van der Waals surface area contributed by atoms with Gasteiger partial charge in [0.2, 0.25) is 5.91 Å². The lowest BCUT2D eigenvalue weighted by molar-refractivity contribution is -0.130. The van der Waals surface area contributed by atoms with Crippen LogP contribution in [0.25, 0.3) is 0 Å². The predicted molar refractivity (Wildman–Crippen MR) is 61.8 cm³/mol. The van der Waals surface area contributed by atoms with Gasteiger partial charge in [0.05, 0.1) is 5.69 Å². The summed E-state index contributed by atoms with van der Waals surface area (Å²) in [6.45, 7) is 6.07. The van der Waals surface area contributed by atoms with E-state index in [-0.39, 0.29) is 5.91 Å². The van der Waals surface area contributed by atoms with Gasteiger partial charge in [0, 0.05) is 45.8 Å². The average molecular weight is 219 g/mol. The number of hydrogen-bond donors (Lipinski definition) is 0. The highest BCUT2D eigenvalue weighted by atomic mass is 16.2. The van der Waals surface area contributed by atoms with Gasteiger partial charge in [-0.15, -0.1) is 0 Å². The van der Waals surface area contributed by atoms with E-state index in [1.165, 1.54) is 0 Å². The molecule has 86 valence electrons. The molecule has 0 radical (unpaired) electrons. The van der Waals surface area contributed by atoms with Gasteiger partial charge in [-0.3, -0.25) is 14.7 Å². The second-order valence-electron chi connectivity index (χ2n) is 4.10. The summed E-state index contributed by atoms with van der Waals surface area (Å²) in [6, 6.07) is 5.97. The first-order valence-electron chi connectivity index (χ1n) is 5.63. The van der Waals surface area contributed by atoms with Crippen molar-refractivity contribution in [2.45, 2.75) is 13.5 Å². The number of rotatable bonds is 2. The molecule has 16 heavy (non-hydrogen) atoms. The number of hydrogen-bond acceptors (Lipinski definition) is 3. The molecule has 4 heteroatoms. The minimum atomic E-state index is 0.178. The van der Waals surface area contributed by atoms with Gasteiger partial charge in [-0.2, -0.15) is 0 Å². The molecule has 0 spiro atoms. The summed E-state index contributed by atoms with van der Waals surface area (Å²) in [4.78, 5) is 19.7. The van der Waals surface area contributed by atoms with Gasteiger partial charge in [0.25, 0.3) is 0 Å². The molecule has 1 amide bonds. The van der Waals surface area contributed by atoms with Crippen molar-refractivity contribution in [3.63, 3.8) is 0 Å². The molecule has 0 bridgehead atoms. The Balaban J connectivity index is 1.84. The van der Waals surface area contributed by atoms with Crippen molar-refractivity contribution in [3.8, 4) is 0 Å². The van der Waals surface area contributed by atoms with Crippen molar-refractivity contribution in [3.05, 3.63) is 30.1 Å². The Bertz CT molecular complexity index is 345. The summed E-state index contributed by atoms with van der Waals surface area (Å²) in [6.07, 6.45) is 1.82. The van der Waals surface area contributed by atoms with Crippen LogP contribution < -0.4 is 0 Å². The van der Waals surface area contributed by atoms with Gasteiger partial charge in [-0.05, 0) is 12.1 Å². The first kappa shape index (κ1) is 11.1. The summed E-state index contributed by atoms with van der Waals surface area (Å²) in [7, 11) is 0. The Hall–Kier alpha value is -1.42. The Kier molecular flexibility index (Phi) is 3.51. The normalized spacial score (nSPS) is 17.4. The SMILES string of the molecule is CC(=O)N1CCN(Cc2ccccn2)CC1. The fourth-order valence-corrected chi connectivity index (χ4v) is 1.94. The maximum Gasteiger partial charge on any atom is 0.219 e. The highest BCUT2D eigenvalue weighted by Gasteiger charge is 2.18. The maximum atomic E-state index is 11.2. The molecule has 1 aliphatic heterocycles. The minimum absolute atomic E-state index is 0.178. The van der Waals surface area contributed by atoms with E-state index in [0.29, 0.717) is 0 Å². The highest BCUT2D eigenvalue weighted by Crippen LogP contribution is 2.06. The molecule has 0 unspecified atom stereocenters. The van der Waals surface area contributed by atoms with E-state index in [1.54, 1.807) is 6.92 Å². The van der Waals surface area contributed by atoms with Gasteiger partial charge in [0.15, 0.2) is 0 Å². The third kappa shape index (κ3) is 2.79. The Morgan fingerprint density at radius 1 is 1.31 bits per heavy atom. The third-order valence-corrected chi connectivity index (χ3v) is 2.93. The van der Waals surface area contributed by atoms with Gasteiger partial charge < -0.3 is 4.90 Å². The number of nitrogens with zero attached hydrogens (tertiary/aromatic N) is 3.